The number of aryl methyl sites for hydroxylation is 2. The molecule has 130 valence electrons. The van der Waals surface area contributed by atoms with Crippen LogP contribution in [0.5, 0.6) is 0 Å². The molecule has 0 saturated carbocycles. The van der Waals surface area contributed by atoms with E-state index < -0.39 is 10.8 Å². The van der Waals surface area contributed by atoms with Crippen molar-refractivity contribution in [1.82, 2.24) is 9.97 Å². The molecule has 2 aromatic rings. The van der Waals surface area contributed by atoms with Gasteiger partial charge in [-0.3, -0.25) is 9.59 Å². The van der Waals surface area contributed by atoms with Gasteiger partial charge in [0.15, 0.2) is 5.16 Å². The van der Waals surface area contributed by atoms with Crippen LogP contribution in [0.15, 0.2) is 28.2 Å². The van der Waals surface area contributed by atoms with Crippen LogP contribution in [0, 0.1) is 18.3 Å². The molecule has 0 aliphatic heterocycles. The predicted molar refractivity (Wildman–Crippen MR) is 99.1 cm³/mol. The second kappa shape index (κ2) is 8.19. The molecule has 0 unspecified atom stereocenters. The van der Waals surface area contributed by atoms with Crippen LogP contribution in [-0.2, 0) is 11.2 Å². The monoisotopic (exact) mass is 376 g/mol. The lowest BCUT2D eigenvalue weighted by atomic mass is 10.2. The third-order valence-corrected chi connectivity index (χ3v) is 4.91. The van der Waals surface area contributed by atoms with Crippen LogP contribution in [0.25, 0.3) is 0 Å². The molecule has 1 aromatic heterocycles. The molecular formula is C17H17ClN4O2S. The molecule has 0 radical (unpaired) electrons. The molecule has 0 saturated heterocycles. The van der Waals surface area contributed by atoms with Gasteiger partial charge in [-0.05, 0) is 38.0 Å². The van der Waals surface area contributed by atoms with Crippen molar-refractivity contribution >= 4 is 35.0 Å². The van der Waals surface area contributed by atoms with Crippen LogP contribution in [0.4, 0.5) is 5.69 Å². The number of hydrogen-bond donors (Lipinski definition) is 2. The van der Waals surface area contributed by atoms with Gasteiger partial charge >= 0.3 is 0 Å². The number of nitrogens with zero attached hydrogens (tertiary/aromatic N) is 2. The Labute approximate surface area is 154 Å². The van der Waals surface area contributed by atoms with E-state index in [9.17, 15) is 9.59 Å². The number of nitrogens with one attached hydrogen (secondary N) is 2. The summed E-state index contributed by atoms with van der Waals surface area (Å²) >= 11 is 7.17. The molecule has 1 heterocycles. The molecule has 0 aliphatic rings. The highest BCUT2D eigenvalue weighted by molar-refractivity contribution is 8.00. The average molecular weight is 377 g/mol. The van der Waals surface area contributed by atoms with Crippen molar-refractivity contribution in [1.29, 1.82) is 5.26 Å². The van der Waals surface area contributed by atoms with Gasteiger partial charge in [0.05, 0.1) is 10.9 Å². The molecule has 0 bridgehead atoms. The lowest BCUT2D eigenvalue weighted by Crippen LogP contribution is -2.24. The molecule has 6 nitrogen and oxygen atoms in total. The van der Waals surface area contributed by atoms with Crippen molar-refractivity contribution in [3.63, 3.8) is 0 Å². The minimum Gasteiger partial charge on any atom is -0.325 e. The van der Waals surface area contributed by atoms with Gasteiger partial charge < -0.3 is 10.3 Å². The molecule has 2 N–H and O–H groups in total. The first-order chi connectivity index (χ1) is 11.8. The first kappa shape index (κ1) is 19.0. The van der Waals surface area contributed by atoms with E-state index in [0.717, 1.165) is 17.3 Å². The van der Waals surface area contributed by atoms with Crippen molar-refractivity contribution in [2.24, 2.45) is 0 Å². The number of hydrogen-bond acceptors (Lipinski definition) is 5. The Hall–Kier alpha value is -2.30. The van der Waals surface area contributed by atoms with Crippen molar-refractivity contribution in [3.8, 4) is 6.07 Å². The summed E-state index contributed by atoms with van der Waals surface area (Å²) in [4.78, 5) is 31.0. The number of carbonyl (C=O) groups excluding carboxylic acids is 1. The Kier molecular flexibility index (Phi) is 6.23. The molecular weight excluding hydrogens is 360 g/mol. The Morgan fingerprint density at radius 2 is 2.24 bits per heavy atom. The molecule has 8 heteroatoms. The quantitative estimate of drug-likeness (QED) is 0.616. The number of nitriles is 1. The molecule has 1 amide bonds. The van der Waals surface area contributed by atoms with Crippen LogP contribution in [0.2, 0.25) is 5.02 Å². The SMILES string of the molecule is CCc1nc(S[C@H](C)C(=O)Nc2ccc(C)c(Cl)c2)[nH]c(=O)c1C#N. The molecule has 0 aliphatic carbocycles. The fourth-order valence-corrected chi connectivity index (χ4v) is 3.06. The van der Waals surface area contributed by atoms with Gasteiger partial charge in [0.25, 0.3) is 5.56 Å². The van der Waals surface area contributed by atoms with Crippen LogP contribution in [0.1, 0.15) is 30.7 Å². The molecule has 0 spiro atoms. The zero-order valence-electron chi connectivity index (χ0n) is 14.0. The summed E-state index contributed by atoms with van der Waals surface area (Å²) in [6.45, 7) is 5.40. The number of aromatic nitrogens is 2. The fourth-order valence-electron chi connectivity index (χ4n) is 2.06. The fraction of sp³-hybridized carbons (Fsp3) is 0.294. The lowest BCUT2D eigenvalue weighted by molar-refractivity contribution is -0.115. The standard InChI is InChI=1S/C17H17ClN4O2S/c1-4-14-12(8-19)16(24)22-17(21-14)25-10(3)15(23)20-11-6-5-9(2)13(18)7-11/h5-7,10H,4H2,1-3H3,(H,20,23)(H,21,22,24)/t10-/m1/s1. The van der Waals surface area contributed by atoms with E-state index in [0.29, 0.717) is 28.0 Å². The number of amides is 1. The summed E-state index contributed by atoms with van der Waals surface area (Å²) < 4.78 is 0. The first-order valence-electron chi connectivity index (χ1n) is 7.62. The molecule has 25 heavy (non-hydrogen) atoms. The van der Waals surface area contributed by atoms with Gasteiger partial charge in [0.2, 0.25) is 5.91 Å². The van der Waals surface area contributed by atoms with Crippen molar-refractivity contribution < 1.29 is 4.79 Å². The van der Waals surface area contributed by atoms with E-state index in [1.807, 2.05) is 26.0 Å². The van der Waals surface area contributed by atoms with Crippen LogP contribution in [-0.4, -0.2) is 21.1 Å². The highest BCUT2D eigenvalue weighted by Crippen LogP contribution is 2.23. The number of anilines is 1. The Morgan fingerprint density at radius 3 is 2.84 bits per heavy atom. The molecule has 2 rings (SSSR count). The van der Waals surface area contributed by atoms with Gasteiger partial charge in [0.1, 0.15) is 11.6 Å². The average Bonchev–Trinajstić information content (AvgIpc) is 2.57. The van der Waals surface area contributed by atoms with Gasteiger partial charge in [-0.15, -0.1) is 0 Å². The number of thioether (sulfide) groups is 1. The summed E-state index contributed by atoms with van der Waals surface area (Å²) in [5.74, 6) is -0.241. The second-order valence-electron chi connectivity index (χ2n) is 5.37. The van der Waals surface area contributed by atoms with E-state index in [2.05, 4.69) is 15.3 Å². The van der Waals surface area contributed by atoms with Gasteiger partial charge in [-0.2, -0.15) is 5.26 Å². The highest BCUT2D eigenvalue weighted by atomic mass is 35.5. The highest BCUT2D eigenvalue weighted by Gasteiger charge is 2.18. The first-order valence-corrected chi connectivity index (χ1v) is 8.88. The van der Waals surface area contributed by atoms with E-state index in [4.69, 9.17) is 16.9 Å². The number of benzene rings is 1. The number of aromatic amines is 1. The predicted octanol–water partition coefficient (Wildman–Crippen LogP) is 3.29. The number of rotatable bonds is 5. The Morgan fingerprint density at radius 1 is 1.52 bits per heavy atom. The van der Waals surface area contributed by atoms with Crippen molar-refractivity contribution in [2.45, 2.75) is 37.6 Å². The van der Waals surface area contributed by atoms with Crippen LogP contribution in [0.3, 0.4) is 0 Å². The van der Waals surface area contributed by atoms with E-state index in [1.165, 1.54) is 0 Å². The zero-order valence-corrected chi connectivity index (χ0v) is 15.6. The number of halogens is 1. The normalized spacial score (nSPS) is 11.6. The Bertz CT molecular complexity index is 904. The van der Waals surface area contributed by atoms with Crippen molar-refractivity contribution in [3.05, 3.63) is 50.4 Å². The third-order valence-electron chi connectivity index (χ3n) is 3.52. The lowest BCUT2D eigenvalue weighted by Gasteiger charge is -2.12. The smallest absolute Gasteiger partial charge is 0.269 e. The summed E-state index contributed by atoms with van der Waals surface area (Å²) in [6.07, 6.45) is 0.461. The summed E-state index contributed by atoms with van der Waals surface area (Å²) in [5.41, 5.74) is 1.47. The van der Waals surface area contributed by atoms with Gasteiger partial charge in [-0.1, -0.05) is 36.4 Å². The summed E-state index contributed by atoms with van der Waals surface area (Å²) in [5, 5.41) is 12.2. The third kappa shape index (κ3) is 4.62. The van der Waals surface area contributed by atoms with Gasteiger partial charge in [-0.25, -0.2) is 4.98 Å². The summed E-state index contributed by atoms with van der Waals surface area (Å²) in [7, 11) is 0. The number of H-pyrrole nitrogens is 1. The van der Waals surface area contributed by atoms with E-state index in [1.54, 1.807) is 19.1 Å². The Balaban J connectivity index is 2.13. The van der Waals surface area contributed by atoms with Crippen LogP contribution < -0.4 is 10.9 Å². The minimum atomic E-state index is -0.499. The minimum absolute atomic E-state index is 0.0123. The topological polar surface area (TPSA) is 98.6 Å². The molecule has 0 fully saturated rings. The second-order valence-corrected chi connectivity index (χ2v) is 7.11. The van der Waals surface area contributed by atoms with Crippen LogP contribution >= 0.6 is 23.4 Å². The molecule has 1 aromatic carbocycles. The van der Waals surface area contributed by atoms with Gasteiger partial charge in [0, 0.05) is 10.7 Å². The maximum absolute atomic E-state index is 12.3. The largest absolute Gasteiger partial charge is 0.325 e. The number of carbonyl (C=O) groups is 1. The maximum atomic E-state index is 12.3. The van der Waals surface area contributed by atoms with Crippen molar-refractivity contribution in [2.75, 3.05) is 5.32 Å². The molecule has 1 atom stereocenters. The van der Waals surface area contributed by atoms with E-state index >= 15 is 0 Å². The van der Waals surface area contributed by atoms with E-state index in [-0.39, 0.29) is 11.5 Å². The summed E-state index contributed by atoms with van der Waals surface area (Å²) in [6, 6.07) is 7.13. The maximum Gasteiger partial charge on any atom is 0.269 e. The zero-order chi connectivity index (χ0) is 18.6.